The quantitative estimate of drug-likeness (QED) is 0.107. The molecular weight excluding hydrogens is 1370 g/mol. The van der Waals surface area contributed by atoms with Gasteiger partial charge < -0.3 is 14.4 Å². The van der Waals surface area contributed by atoms with Gasteiger partial charge in [0.1, 0.15) is 0 Å². The summed E-state index contributed by atoms with van der Waals surface area (Å²) in [6.07, 6.45) is 0. The van der Waals surface area contributed by atoms with Crippen molar-refractivity contribution in [2.75, 3.05) is 9.80 Å². The summed E-state index contributed by atoms with van der Waals surface area (Å²) >= 11 is 0. The largest absolute Gasteiger partial charge is 0.310 e. The van der Waals surface area contributed by atoms with Gasteiger partial charge in [-0.2, -0.15) is 0 Å². The molecule has 0 saturated carbocycles. The Morgan fingerprint density at radius 2 is 0.614 bits per heavy atom. The number of para-hydroxylation sites is 1. The summed E-state index contributed by atoms with van der Waals surface area (Å²) in [5.41, 5.74) is 30.2. The van der Waals surface area contributed by atoms with Crippen LogP contribution in [0.4, 0.5) is 34.1 Å². The molecule has 18 aromatic rings. The Balaban J connectivity index is 0.996. The maximum absolute atomic E-state index is 10.4. The first-order valence-corrected chi connectivity index (χ1v) is 39.4. The van der Waals surface area contributed by atoms with Crippen LogP contribution in [0.15, 0.2) is 400 Å². The van der Waals surface area contributed by atoms with Crippen LogP contribution >= 0.6 is 0 Å². The zero-order valence-corrected chi connectivity index (χ0v) is 64.5. The fourth-order valence-electron chi connectivity index (χ4n) is 17.3. The molecule has 1 aromatic heterocycles. The van der Waals surface area contributed by atoms with Gasteiger partial charge in [0.25, 0.3) is 6.71 Å². The minimum Gasteiger partial charge on any atom is -0.310 e. The highest BCUT2D eigenvalue weighted by Gasteiger charge is 2.46. The molecule has 114 heavy (non-hydrogen) atoms. The average molecular weight is 1470 g/mol. The normalized spacial score (nSPS) is 13.3. The number of hydrogen-bond donors (Lipinski definition) is 0. The van der Waals surface area contributed by atoms with Crippen LogP contribution in [0.5, 0.6) is 0 Å². The second kappa shape index (κ2) is 28.2. The Kier molecular flexibility index (Phi) is 15.3. The van der Waals surface area contributed by atoms with E-state index in [1.165, 1.54) is 5.56 Å². The SMILES string of the molecule is [2H]c1c([2H])c([2H])c2c(c1[2H])c1c([2H])c(-c3ccccc3)c([2H])c([2H])c1n2-c1ccc2c(c1)N(c1c(-c3ccccc3)cc(C(C)(C)C)cc1-c1ccccc1)c1cc(-c3cccc(-c4ccccc4)c3)cc3c1B2c1cc(-c2cc(-c4ccccc4)cc(-c4ccccc4)c2)ccc1N3c1c(-c2ccccc2)cc(C(C)(C)C)cc1-c1ccccc1. The van der Waals surface area contributed by atoms with Crippen LogP contribution in [0.2, 0.25) is 0 Å². The smallest absolute Gasteiger partial charge is 0.252 e. The molecule has 0 aliphatic carbocycles. The fraction of sp³-hybridized carbons (Fsp3) is 0.0727. The molecule has 0 fully saturated rings. The van der Waals surface area contributed by atoms with Crippen LogP contribution in [-0.2, 0) is 10.8 Å². The third kappa shape index (κ3) is 12.3. The lowest BCUT2D eigenvalue weighted by Gasteiger charge is -2.46. The first kappa shape index (κ1) is 61.9. The van der Waals surface area contributed by atoms with E-state index >= 15 is 0 Å². The summed E-state index contributed by atoms with van der Waals surface area (Å²) in [4.78, 5) is 5.10. The number of benzene rings is 17. The molecule has 3 nitrogen and oxygen atoms in total. The number of anilines is 6. The van der Waals surface area contributed by atoms with E-state index in [0.29, 0.717) is 11.3 Å². The van der Waals surface area contributed by atoms with Crippen LogP contribution in [-0.4, -0.2) is 11.3 Å². The minimum absolute atomic E-state index is 0.0968. The van der Waals surface area contributed by atoms with E-state index in [-0.39, 0.29) is 68.4 Å². The Hall–Kier alpha value is -13.8. The van der Waals surface area contributed by atoms with E-state index in [1.807, 2.05) is 36.4 Å². The number of fused-ring (bicyclic) bond motifs is 7. The third-order valence-corrected chi connectivity index (χ3v) is 23.1. The number of rotatable bonds is 13. The van der Waals surface area contributed by atoms with Gasteiger partial charge in [0.05, 0.1) is 32.0 Å². The van der Waals surface area contributed by atoms with Crippen LogP contribution in [0, 0.1) is 0 Å². The lowest BCUT2D eigenvalue weighted by Crippen LogP contribution is -2.61. The van der Waals surface area contributed by atoms with Gasteiger partial charge in [-0.1, -0.05) is 345 Å². The van der Waals surface area contributed by atoms with Crippen molar-refractivity contribution in [3.05, 3.63) is 411 Å². The highest BCUT2D eigenvalue weighted by Crippen LogP contribution is 2.56. The predicted molar refractivity (Wildman–Crippen MR) is 487 cm³/mol. The van der Waals surface area contributed by atoms with Crippen LogP contribution < -0.4 is 26.2 Å². The van der Waals surface area contributed by atoms with Gasteiger partial charge >= 0.3 is 0 Å². The van der Waals surface area contributed by atoms with Gasteiger partial charge in [0, 0.05) is 61.5 Å². The van der Waals surface area contributed by atoms with Crippen molar-refractivity contribution < 1.29 is 9.60 Å². The molecule has 4 heteroatoms. The molecule has 17 aromatic carbocycles. The van der Waals surface area contributed by atoms with E-state index in [9.17, 15) is 9.60 Å². The van der Waals surface area contributed by atoms with Gasteiger partial charge in [-0.15, -0.1) is 0 Å². The van der Waals surface area contributed by atoms with Gasteiger partial charge in [-0.3, -0.25) is 0 Å². The summed E-state index contributed by atoms with van der Waals surface area (Å²) in [5.74, 6) is 0. The zero-order chi connectivity index (χ0) is 82.9. The van der Waals surface area contributed by atoms with Gasteiger partial charge in [-0.25, -0.2) is 0 Å². The molecule has 0 atom stereocenters. The molecule has 3 heterocycles. The minimum atomic E-state index is -0.564. The van der Waals surface area contributed by atoms with Crippen molar-refractivity contribution >= 4 is 79.0 Å². The molecule has 0 spiro atoms. The summed E-state index contributed by atoms with van der Waals surface area (Å²) in [7, 11) is 0. The maximum atomic E-state index is 10.4. The highest BCUT2D eigenvalue weighted by atomic mass is 15.2. The highest BCUT2D eigenvalue weighted by molar-refractivity contribution is 7.00. The Morgan fingerprint density at radius 1 is 0.254 bits per heavy atom. The molecule has 2 aliphatic heterocycles. The van der Waals surface area contributed by atoms with E-state index in [4.69, 9.17) is 0 Å². The summed E-state index contributed by atoms with van der Waals surface area (Å²) in [5, 5.41) is 0.255. The van der Waals surface area contributed by atoms with Crippen molar-refractivity contribution in [2.45, 2.75) is 52.4 Å². The Labute approximate surface area is 679 Å². The molecule has 0 amide bonds. The van der Waals surface area contributed by atoms with Crippen LogP contribution in [0.1, 0.15) is 62.3 Å². The second-order valence-corrected chi connectivity index (χ2v) is 32.2. The predicted octanol–water partition coefficient (Wildman–Crippen LogP) is 28.1. The maximum Gasteiger partial charge on any atom is 0.252 e. The molecule has 542 valence electrons. The number of nitrogens with zero attached hydrogens (tertiary/aromatic N) is 3. The van der Waals surface area contributed by atoms with Gasteiger partial charge in [-0.05, 0) is 224 Å². The monoisotopic (exact) mass is 1460 g/mol. The van der Waals surface area contributed by atoms with Crippen molar-refractivity contribution in [1.82, 2.24) is 4.57 Å². The number of hydrogen-bond acceptors (Lipinski definition) is 2. The van der Waals surface area contributed by atoms with Gasteiger partial charge in [0.2, 0.25) is 0 Å². The standard InChI is InChI=1S/C110H84BN3/c1-109(2,3)89-68-93(77-42-23-11-24-43-77)107(94(69-89)78-44-25-12-26-45-78)113-102-59-55-84(87-62-85(75-38-19-9-20-39-75)61-86(63-87)76-40-21-10-22-41-76)65-99(102)111-98-57-56-91(112-100-53-32-31-52-92(100)97-64-83(54-58-101(97)112)74-36-17-8-18-37-74)72-103(98)114(105-67-88(66-104(113)106(105)111)82-51-33-50-81(60-82)73-34-15-7-16-35-73)108-95(79-46-27-13-28-47-79)70-90(110(4,5)6)71-96(108)80-48-29-14-30-49-80/h7-72H,1-6H3/i31D,32D,52D,53D,54D,58D,64D. The van der Waals surface area contributed by atoms with Crippen molar-refractivity contribution in [2.24, 2.45) is 0 Å². The molecule has 20 rings (SSSR count). The first-order valence-electron chi connectivity index (χ1n) is 42.9. The topological polar surface area (TPSA) is 11.4 Å². The van der Waals surface area contributed by atoms with E-state index < -0.39 is 18.8 Å². The molecule has 0 saturated heterocycles. The Bertz CT molecular complexity index is 6970. The third-order valence-electron chi connectivity index (χ3n) is 23.1. The lowest BCUT2D eigenvalue weighted by atomic mass is 9.33. The average Bonchev–Trinajstić information content (AvgIpc) is 1.68. The van der Waals surface area contributed by atoms with Crippen molar-refractivity contribution in [3.8, 4) is 117 Å². The van der Waals surface area contributed by atoms with Crippen molar-refractivity contribution in [1.29, 1.82) is 0 Å². The zero-order valence-electron chi connectivity index (χ0n) is 71.5. The van der Waals surface area contributed by atoms with E-state index in [0.717, 1.165) is 156 Å². The molecule has 0 bridgehead atoms. The summed E-state index contributed by atoms with van der Waals surface area (Å²) in [6.45, 7) is 13.2. The molecule has 0 unspecified atom stereocenters. The fourth-order valence-corrected chi connectivity index (χ4v) is 17.3. The van der Waals surface area contributed by atoms with E-state index in [1.54, 1.807) is 4.57 Å². The summed E-state index contributed by atoms with van der Waals surface area (Å²) < 4.78 is 71.7. The van der Waals surface area contributed by atoms with Crippen molar-refractivity contribution in [3.63, 3.8) is 0 Å². The summed E-state index contributed by atoms with van der Waals surface area (Å²) in [6, 6.07) is 126. The second-order valence-electron chi connectivity index (χ2n) is 32.2. The molecule has 0 radical (unpaired) electrons. The van der Waals surface area contributed by atoms with Gasteiger partial charge in [0.15, 0.2) is 0 Å². The van der Waals surface area contributed by atoms with Crippen LogP contribution in [0.25, 0.3) is 139 Å². The molecular formula is C110H84BN3. The molecule has 0 N–H and O–H groups in total. The number of aromatic nitrogens is 1. The molecule has 2 aliphatic rings. The first-order chi connectivity index (χ1) is 58.7. The lowest BCUT2D eigenvalue weighted by molar-refractivity contribution is 0.590. The van der Waals surface area contributed by atoms with Crippen LogP contribution in [0.3, 0.4) is 0 Å². The Morgan fingerprint density at radius 3 is 1.07 bits per heavy atom. The van der Waals surface area contributed by atoms with E-state index in [2.05, 4.69) is 373 Å².